The maximum Gasteiger partial charge on any atom is 0.252 e. The van der Waals surface area contributed by atoms with E-state index in [1.165, 1.54) is 12.8 Å². The van der Waals surface area contributed by atoms with Crippen molar-refractivity contribution in [2.45, 2.75) is 26.1 Å². The third kappa shape index (κ3) is 5.63. The molecule has 1 aliphatic rings. The number of hydrogen-bond acceptors (Lipinski definition) is 8. The highest BCUT2D eigenvalue weighted by molar-refractivity contribution is 5.60. The third-order valence-corrected chi connectivity index (χ3v) is 5.30. The van der Waals surface area contributed by atoms with E-state index in [2.05, 4.69) is 21.1 Å². The molecule has 2 aromatic carbocycles. The molecule has 2 heterocycles. The van der Waals surface area contributed by atoms with Gasteiger partial charge in [0.1, 0.15) is 13.2 Å². The van der Waals surface area contributed by atoms with Crippen molar-refractivity contribution in [3.63, 3.8) is 0 Å². The monoisotopic (exact) mass is 434 g/mol. The quantitative estimate of drug-likeness (QED) is 0.476. The standard InChI is InChI=1S/C24H26N4O4/c1-29-22-14-20(7-8-21(22)31-12-11-28-9-2-3-10-28)24-26-23(32-27-24)17-30-16-19-6-4-5-18(13-19)15-25/h4-8,13-14H,2-3,9-12,16-17H2,1H3. The molecular formula is C24H26N4O4. The molecule has 0 radical (unpaired) electrons. The van der Waals surface area contributed by atoms with Crippen molar-refractivity contribution in [2.24, 2.45) is 0 Å². The molecule has 0 saturated carbocycles. The first-order valence-electron chi connectivity index (χ1n) is 10.7. The zero-order valence-electron chi connectivity index (χ0n) is 18.1. The van der Waals surface area contributed by atoms with Crippen LogP contribution in [-0.4, -0.2) is 48.4 Å². The minimum atomic E-state index is 0.179. The molecule has 1 aliphatic heterocycles. The summed E-state index contributed by atoms with van der Waals surface area (Å²) < 4.78 is 22.4. The number of nitrogens with zero attached hydrogens (tertiary/aromatic N) is 4. The van der Waals surface area contributed by atoms with Gasteiger partial charge in [0.2, 0.25) is 5.82 Å². The number of rotatable bonds is 10. The number of aromatic nitrogens is 2. The zero-order chi connectivity index (χ0) is 22.2. The summed E-state index contributed by atoms with van der Waals surface area (Å²) in [4.78, 5) is 6.81. The molecule has 1 fully saturated rings. The molecule has 1 saturated heterocycles. The van der Waals surface area contributed by atoms with Gasteiger partial charge in [-0.25, -0.2) is 0 Å². The normalized spacial score (nSPS) is 13.8. The summed E-state index contributed by atoms with van der Waals surface area (Å²) >= 11 is 0. The minimum Gasteiger partial charge on any atom is -0.493 e. The Morgan fingerprint density at radius 1 is 1.09 bits per heavy atom. The molecule has 8 heteroatoms. The van der Waals surface area contributed by atoms with Crippen LogP contribution in [0.25, 0.3) is 11.4 Å². The lowest BCUT2D eigenvalue weighted by molar-refractivity contribution is 0.0850. The van der Waals surface area contributed by atoms with Crippen molar-refractivity contribution < 1.29 is 18.7 Å². The summed E-state index contributed by atoms with van der Waals surface area (Å²) in [5.74, 6) is 2.16. The molecule has 0 N–H and O–H groups in total. The molecule has 8 nitrogen and oxygen atoms in total. The first-order chi connectivity index (χ1) is 15.7. The van der Waals surface area contributed by atoms with E-state index in [4.69, 9.17) is 24.0 Å². The fourth-order valence-electron chi connectivity index (χ4n) is 3.63. The van der Waals surface area contributed by atoms with Crippen LogP contribution in [0.4, 0.5) is 0 Å². The molecule has 0 atom stereocenters. The average Bonchev–Trinajstić information content (AvgIpc) is 3.52. The Hall–Kier alpha value is -3.41. The summed E-state index contributed by atoms with van der Waals surface area (Å²) in [5.41, 5.74) is 2.28. The van der Waals surface area contributed by atoms with Gasteiger partial charge < -0.3 is 18.7 Å². The van der Waals surface area contributed by atoms with Crippen LogP contribution in [0.3, 0.4) is 0 Å². The van der Waals surface area contributed by atoms with Crippen molar-refractivity contribution in [1.29, 1.82) is 5.26 Å². The lowest BCUT2D eigenvalue weighted by Crippen LogP contribution is -2.25. The average molecular weight is 434 g/mol. The molecule has 4 rings (SSSR count). The molecule has 0 spiro atoms. The molecule has 166 valence electrons. The molecule has 0 amide bonds. The smallest absolute Gasteiger partial charge is 0.252 e. The minimum absolute atomic E-state index is 0.179. The van der Waals surface area contributed by atoms with Gasteiger partial charge in [0.15, 0.2) is 11.5 Å². The van der Waals surface area contributed by atoms with Crippen LogP contribution in [0.15, 0.2) is 47.0 Å². The number of methoxy groups -OCH3 is 1. The van der Waals surface area contributed by atoms with E-state index in [9.17, 15) is 0 Å². The second-order valence-corrected chi connectivity index (χ2v) is 7.58. The van der Waals surface area contributed by atoms with Gasteiger partial charge >= 0.3 is 0 Å². The van der Waals surface area contributed by atoms with Crippen LogP contribution >= 0.6 is 0 Å². The number of likely N-dealkylation sites (tertiary alicyclic amines) is 1. The number of ether oxygens (including phenoxy) is 3. The number of nitriles is 1. The van der Waals surface area contributed by atoms with Crippen LogP contribution in [0.5, 0.6) is 11.5 Å². The summed E-state index contributed by atoms with van der Waals surface area (Å²) in [6.45, 7) is 4.37. The molecule has 1 aromatic heterocycles. The summed E-state index contributed by atoms with van der Waals surface area (Å²) in [7, 11) is 1.61. The SMILES string of the molecule is COc1cc(-c2noc(COCc3cccc(C#N)c3)n2)ccc1OCCN1CCCC1. The highest BCUT2D eigenvalue weighted by Gasteiger charge is 2.14. The summed E-state index contributed by atoms with van der Waals surface area (Å²) in [6, 6.07) is 15.0. The van der Waals surface area contributed by atoms with Crippen LogP contribution < -0.4 is 9.47 Å². The molecule has 0 aliphatic carbocycles. The third-order valence-electron chi connectivity index (χ3n) is 5.30. The Bertz CT molecular complexity index is 1070. The summed E-state index contributed by atoms with van der Waals surface area (Å²) in [5, 5.41) is 13.0. The summed E-state index contributed by atoms with van der Waals surface area (Å²) in [6.07, 6.45) is 2.54. The van der Waals surface area contributed by atoms with E-state index in [1.807, 2.05) is 30.3 Å². The van der Waals surface area contributed by atoms with Crippen LogP contribution in [-0.2, 0) is 18.0 Å². The van der Waals surface area contributed by atoms with E-state index in [-0.39, 0.29) is 6.61 Å². The van der Waals surface area contributed by atoms with Gasteiger partial charge in [-0.1, -0.05) is 17.3 Å². The Labute approximate surface area is 187 Å². The highest BCUT2D eigenvalue weighted by atomic mass is 16.5. The van der Waals surface area contributed by atoms with Gasteiger partial charge in [0, 0.05) is 12.1 Å². The van der Waals surface area contributed by atoms with E-state index in [0.29, 0.717) is 42.0 Å². The van der Waals surface area contributed by atoms with Crippen molar-refractivity contribution in [3.05, 3.63) is 59.5 Å². The lowest BCUT2D eigenvalue weighted by atomic mass is 10.1. The maximum atomic E-state index is 8.98. The predicted octanol–water partition coefficient (Wildman–Crippen LogP) is 3.81. The molecule has 0 unspecified atom stereocenters. The molecule has 32 heavy (non-hydrogen) atoms. The lowest BCUT2D eigenvalue weighted by Gasteiger charge is -2.16. The largest absolute Gasteiger partial charge is 0.493 e. The van der Waals surface area contributed by atoms with Gasteiger partial charge in [0.25, 0.3) is 5.89 Å². The van der Waals surface area contributed by atoms with Crippen molar-refractivity contribution >= 4 is 0 Å². The number of hydrogen-bond donors (Lipinski definition) is 0. The fourth-order valence-corrected chi connectivity index (χ4v) is 3.63. The Morgan fingerprint density at radius 2 is 1.97 bits per heavy atom. The second kappa shape index (κ2) is 10.8. The van der Waals surface area contributed by atoms with Crippen LogP contribution in [0.2, 0.25) is 0 Å². The second-order valence-electron chi connectivity index (χ2n) is 7.58. The Balaban J connectivity index is 1.32. The first-order valence-corrected chi connectivity index (χ1v) is 10.7. The van der Waals surface area contributed by atoms with Gasteiger partial charge in [-0.2, -0.15) is 10.2 Å². The predicted molar refractivity (Wildman–Crippen MR) is 117 cm³/mol. The van der Waals surface area contributed by atoms with Gasteiger partial charge in [-0.15, -0.1) is 0 Å². The van der Waals surface area contributed by atoms with E-state index < -0.39 is 0 Å². The van der Waals surface area contributed by atoms with E-state index in [0.717, 1.165) is 30.8 Å². The fraction of sp³-hybridized carbons (Fsp3) is 0.375. The van der Waals surface area contributed by atoms with E-state index >= 15 is 0 Å². The maximum absolute atomic E-state index is 8.98. The van der Waals surface area contributed by atoms with Gasteiger partial charge in [0.05, 0.1) is 25.3 Å². The Morgan fingerprint density at radius 3 is 2.78 bits per heavy atom. The molecule has 0 bridgehead atoms. The van der Waals surface area contributed by atoms with Gasteiger partial charge in [-0.05, 0) is 61.8 Å². The highest BCUT2D eigenvalue weighted by Crippen LogP contribution is 2.31. The van der Waals surface area contributed by atoms with E-state index in [1.54, 1.807) is 19.2 Å². The van der Waals surface area contributed by atoms with Gasteiger partial charge in [-0.3, -0.25) is 4.90 Å². The number of benzene rings is 2. The van der Waals surface area contributed by atoms with Crippen molar-refractivity contribution in [1.82, 2.24) is 15.0 Å². The molecule has 3 aromatic rings. The van der Waals surface area contributed by atoms with Crippen molar-refractivity contribution in [2.75, 3.05) is 33.4 Å². The zero-order valence-corrected chi connectivity index (χ0v) is 18.1. The molecular weight excluding hydrogens is 408 g/mol. The van der Waals surface area contributed by atoms with Crippen molar-refractivity contribution in [3.8, 4) is 29.0 Å². The van der Waals surface area contributed by atoms with Crippen LogP contribution in [0.1, 0.15) is 29.9 Å². The first kappa shape index (κ1) is 21.8. The topological polar surface area (TPSA) is 93.6 Å². The Kier molecular flexibility index (Phi) is 7.33. The van der Waals surface area contributed by atoms with Crippen LogP contribution in [0, 0.1) is 11.3 Å².